The number of ether oxygens (including phenoxy) is 1. The van der Waals surface area contributed by atoms with Crippen LogP contribution in [0.2, 0.25) is 0 Å². The number of anilines is 1. The molecule has 3 rings (SSSR count). The minimum Gasteiger partial charge on any atom is -0.454 e. The highest BCUT2D eigenvalue weighted by molar-refractivity contribution is 6.11. The number of fused-ring (bicyclic) bond motifs is 1. The van der Waals surface area contributed by atoms with Crippen molar-refractivity contribution in [2.75, 3.05) is 18.5 Å². The maximum atomic E-state index is 12.4. The van der Waals surface area contributed by atoms with E-state index in [0.29, 0.717) is 22.4 Å². The summed E-state index contributed by atoms with van der Waals surface area (Å²) in [7, 11) is 0. The summed E-state index contributed by atoms with van der Waals surface area (Å²) in [6.07, 6.45) is 0.0188. The second-order valence-electron chi connectivity index (χ2n) is 6.02. The summed E-state index contributed by atoms with van der Waals surface area (Å²) in [5, 5.41) is 11.3. The molecule has 0 aromatic heterocycles. The van der Waals surface area contributed by atoms with E-state index in [-0.39, 0.29) is 6.42 Å². The summed E-state index contributed by atoms with van der Waals surface area (Å²) in [4.78, 5) is 49.2. The molecule has 3 amide bonds. The summed E-state index contributed by atoms with van der Waals surface area (Å²) < 4.78 is 4.86. The van der Waals surface area contributed by atoms with E-state index in [1.165, 1.54) is 6.07 Å². The van der Waals surface area contributed by atoms with Crippen LogP contribution in [0.1, 0.15) is 21.5 Å². The van der Waals surface area contributed by atoms with E-state index < -0.39 is 36.8 Å². The number of imide groups is 1. The zero-order chi connectivity index (χ0) is 20.1. The van der Waals surface area contributed by atoms with Crippen LogP contribution in [-0.4, -0.2) is 41.7 Å². The largest absolute Gasteiger partial charge is 0.454 e. The molecule has 2 aromatic carbocycles. The van der Waals surface area contributed by atoms with Crippen molar-refractivity contribution in [2.24, 2.45) is 0 Å². The topological polar surface area (TPSA) is 117 Å². The Morgan fingerprint density at radius 3 is 2.71 bits per heavy atom. The molecule has 0 radical (unpaired) electrons. The summed E-state index contributed by atoms with van der Waals surface area (Å²) in [6, 6.07) is 14.9. The molecule has 0 bridgehead atoms. The van der Waals surface area contributed by atoms with Crippen molar-refractivity contribution in [3.8, 4) is 6.07 Å². The fraction of sp³-hybridized carbons (Fsp3) is 0.150. The van der Waals surface area contributed by atoms with Crippen LogP contribution in [0, 0.1) is 11.3 Å². The maximum absolute atomic E-state index is 12.4. The minimum absolute atomic E-state index is 0.0188. The van der Waals surface area contributed by atoms with Gasteiger partial charge in [-0.05, 0) is 29.8 Å². The van der Waals surface area contributed by atoms with Crippen molar-refractivity contribution >= 4 is 29.4 Å². The predicted molar refractivity (Wildman–Crippen MR) is 96.9 cm³/mol. The Morgan fingerprint density at radius 2 is 1.93 bits per heavy atom. The monoisotopic (exact) mass is 377 g/mol. The van der Waals surface area contributed by atoms with Crippen molar-refractivity contribution in [2.45, 2.75) is 6.42 Å². The number of carbonyl (C=O) groups is 4. The van der Waals surface area contributed by atoms with Crippen LogP contribution in [0.25, 0.3) is 0 Å². The second kappa shape index (κ2) is 8.14. The van der Waals surface area contributed by atoms with Gasteiger partial charge in [-0.1, -0.05) is 24.3 Å². The van der Waals surface area contributed by atoms with E-state index in [0.717, 1.165) is 4.90 Å². The number of amides is 3. The Labute approximate surface area is 160 Å². The van der Waals surface area contributed by atoms with E-state index in [9.17, 15) is 19.2 Å². The zero-order valence-electron chi connectivity index (χ0n) is 14.7. The third-order valence-corrected chi connectivity index (χ3v) is 4.06. The molecular weight excluding hydrogens is 362 g/mol. The van der Waals surface area contributed by atoms with E-state index in [4.69, 9.17) is 10.00 Å². The van der Waals surface area contributed by atoms with E-state index >= 15 is 0 Å². The summed E-state index contributed by atoms with van der Waals surface area (Å²) in [5.74, 6) is -2.55. The lowest BCUT2D eigenvalue weighted by Crippen LogP contribution is -2.45. The van der Waals surface area contributed by atoms with E-state index in [1.54, 1.807) is 42.5 Å². The van der Waals surface area contributed by atoms with Gasteiger partial charge in [0.15, 0.2) is 6.61 Å². The molecule has 140 valence electrons. The smallest absolute Gasteiger partial charge is 0.326 e. The quantitative estimate of drug-likeness (QED) is 0.619. The predicted octanol–water partition coefficient (Wildman–Crippen LogP) is 1.27. The Hall–Kier alpha value is -3.99. The van der Waals surface area contributed by atoms with Gasteiger partial charge < -0.3 is 10.1 Å². The minimum atomic E-state index is -0.873. The molecule has 0 saturated carbocycles. The lowest BCUT2D eigenvalue weighted by molar-refractivity contribution is -0.150. The van der Waals surface area contributed by atoms with Crippen LogP contribution in [-0.2, 0) is 25.5 Å². The van der Waals surface area contributed by atoms with Crippen molar-refractivity contribution in [1.29, 1.82) is 5.26 Å². The molecule has 0 atom stereocenters. The van der Waals surface area contributed by atoms with Crippen LogP contribution >= 0.6 is 0 Å². The summed E-state index contributed by atoms with van der Waals surface area (Å²) in [5.41, 5.74) is 1.74. The van der Waals surface area contributed by atoms with Crippen molar-refractivity contribution < 1.29 is 23.9 Å². The number of rotatable bonds is 5. The second-order valence-corrected chi connectivity index (χ2v) is 6.02. The molecule has 1 N–H and O–H groups in total. The number of esters is 1. The molecule has 1 aliphatic rings. The first kappa shape index (κ1) is 18.8. The van der Waals surface area contributed by atoms with Crippen molar-refractivity contribution in [1.82, 2.24) is 4.90 Å². The number of nitrogens with one attached hydrogen (secondary N) is 1. The maximum Gasteiger partial charge on any atom is 0.326 e. The highest BCUT2D eigenvalue weighted by Gasteiger charge is 2.32. The van der Waals surface area contributed by atoms with Crippen molar-refractivity contribution in [3.05, 3.63) is 65.2 Å². The molecule has 1 aliphatic heterocycles. The van der Waals surface area contributed by atoms with Crippen LogP contribution in [0.3, 0.4) is 0 Å². The highest BCUT2D eigenvalue weighted by Crippen LogP contribution is 2.19. The number of carbonyl (C=O) groups excluding carboxylic acids is 4. The van der Waals surface area contributed by atoms with Crippen LogP contribution < -0.4 is 5.32 Å². The molecule has 8 nitrogen and oxygen atoms in total. The van der Waals surface area contributed by atoms with Gasteiger partial charge in [0, 0.05) is 11.3 Å². The van der Waals surface area contributed by atoms with Crippen LogP contribution in [0.4, 0.5) is 5.69 Å². The van der Waals surface area contributed by atoms with Gasteiger partial charge in [0.25, 0.3) is 11.8 Å². The Morgan fingerprint density at radius 1 is 1.14 bits per heavy atom. The molecule has 0 aliphatic carbocycles. The highest BCUT2D eigenvalue weighted by atomic mass is 16.5. The molecule has 8 heteroatoms. The van der Waals surface area contributed by atoms with E-state index in [1.807, 2.05) is 6.07 Å². The SMILES string of the molecule is N#Cc1cccc(NC(=O)COC(=O)CN2C(=O)Cc3ccccc3C2=O)c1. The van der Waals surface area contributed by atoms with Gasteiger partial charge in [0.2, 0.25) is 5.91 Å². The van der Waals surface area contributed by atoms with Gasteiger partial charge in [0.05, 0.1) is 18.1 Å². The number of nitriles is 1. The van der Waals surface area contributed by atoms with Gasteiger partial charge in [-0.2, -0.15) is 5.26 Å². The van der Waals surface area contributed by atoms with Gasteiger partial charge in [-0.15, -0.1) is 0 Å². The Bertz CT molecular complexity index is 1010. The zero-order valence-corrected chi connectivity index (χ0v) is 14.7. The molecule has 0 fully saturated rings. The lowest BCUT2D eigenvalue weighted by atomic mass is 9.98. The molecule has 0 spiro atoms. The van der Waals surface area contributed by atoms with Gasteiger partial charge >= 0.3 is 5.97 Å². The molecular formula is C20H15N3O5. The fourth-order valence-corrected chi connectivity index (χ4v) is 2.74. The third kappa shape index (κ3) is 4.22. The van der Waals surface area contributed by atoms with Gasteiger partial charge in [0.1, 0.15) is 6.54 Å². The average molecular weight is 377 g/mol. The first-order valence-corrected chi connectivity index (χ1v) is 8.36. The fourth-order valence-electron chi connectivity index (χ4n) is 2.74. The first-order valence-electron chi connectivity index (χ1n) is 8.36. The van der Waals surface area contributed by atoms with Crippen LogP contribution in [0.5, 0.6) is 0 Å². The summed E-state index contributed by atoms with van der Waals surface area (Å²) >= 11 is 0. The van der Waals surface area contributed by atoms with Gasteiger partial charge in [-0.25, -0.2) is 0 Å². The molecule has 28 heavy (non-hydrogen) atoms. The number of hydrogen-bond acceptors (Lipinski definition) is 6. The van der Waals surface area contributed by atoms with E-state index in [2.05, 4.69) is 5.32 Å². The lowest BCUT2D eigenvalue weighted by Gasteiger charge is -2.25. The molecule has 2 aromatic rings. The number of hydrogen-bond donors (Lipinski definition) is 1. The average Bonchev–Trinajstić information content (AvgIpc) is 2.69. The normalized spacial score (nSPS) is 12.8. The number of nitrogens with zero attached hydrogens (tertiary/aromatic N) is 2. The summed E-state index contributed by atoms with van der Waals surface area (Å²) in [6.45, 7) is -1.15. The first-order chi connectivity index (χ1) is 13.5. The molecule has 1 heterocycles. The van der Waals surface area contributed by atoms with Gasteiger partial charge in [-0.3, -0.25) is 24.1 Å². The number of benzene rings is 2. The molecule has 0 unspecified atom stereocenters. The van der Waals surface area contributed by atoms with Crippen molar-refractivity contribution in [3.63, 3.8) is 0 Å². The van der Waals surface area contributed by atoms with Crippen LogP contribution in [0.15, 0.2) is 48.5 Å². The Kier molecular flexibility index (Phi) is 5.46. The standard InChI is InChI=1S/C20H15N3O5/c21-10-13-4-3-6-15(8-13)22-17(24)12-28-19(26)11-23-18(25)9-14-5-1-2-7-16(14)20(23)27/h1-8H,9,11-12H2,(H,22,24). The third-order valence-electron chi connectivity index (χ3n) is 4.06. The Balaban J connectivity index is 1.54. The molecule has 0 saturated heterocycles.